The first-order valence-electron chi connectivity index (χ1n) is 10.5. The van der Waals surface area contributed by atoms with E-state index in [-0.39, 0.29) is 12.1 Å². The van der Waals surface area contributed by atoms with Gasteiger partial charge >= 0.3 is 0 Å². The Labute approximate surface area is 188 Å². The predicted molar refractivity (Wildman–Crippen MR) is 128 cm³/mol. The summed E-state index contributed by atoms with van der Waals surface area (Å²) in [5.74, 6) is 0. The lowest BCUT2D eigenvalue weighted by Gasteiger charge is -2.29. The van der Waals surface area contributed by atoms with Crippen LogP contribution >= 0.6 is 12.2 Å². The number of hydrogen-bond acceptors (Lipinski definition) is 2. The lowest BCUT2D eigenvalue weighted by atomic mass is 10.0. The SMILES string of the molecule is Cc1ccccc1-n1cccc1C1C(c2ccccn2)NC(=S)N1Cc1ccccc1. The van der Waals surface area contributed by atoms with Crippen molar-refractivity contribution in [3.05, 3.63) is 120 Å². The van der Waals surface area contributed by atoms with Crippen LogP contribution in [0.25, 0.3) is 5.69 Å². The van der Waals surface area contributed by atoms with Crippen LogP contribution in [0.1, 0.15) is 34.6 Å². The molecule has 1 N–H and O–H groups in total. The van der Waals surface area contributed by atoms with Gasteiger partial charge in [-0.1, -0.05) is 54.6 Å². The molecule has 154 valence electrons. The summed E-state index contributed by atoms with van der Waals surface area (Å²) < 4.78 is 2.28. The van der Waals surface area contributed by atoms with Crippen LogP contribution in [-0.2, 0) is 6.54 Å². The molecule has 1 aliphatic heterocycles. The summed E-state index contributed by atoms with van der Waals surface area (Å²) in [6.45, 7) is 2.88. The van der Waals surface area contributed by atoms with Gasteiger partial charge in [-0.25, -0.2) is 0 Å². The van der Waals surface area contributed by atoms with Crippen LogP contribution in [0.2, 0.25) is 0 Å². The maximum absolute atomic E-state index is 5.83. The Morgan fingerprint density at radius 1 is 0.903 bits per heavy atom. The number of aryl methyl sites for hydroxylation is 1. The van der Waals surface area contributed by atoms with Gasteiger partial charge in [-0.3, -0.25) is 4.98 Å². The van der Waals surface area contributed by atoms with E-state index in [1.165, 1.54) is 22.5 Å². The number of pyridine rings is 1. The maximum atomic E-state index is 5.83. The minimum absolute atomic E-state index is 0.0113. The van der Waals surface area contributed by atoms with Gasteiger partial charge in [0.2, 0.25) is 0 Å². The number of para-hydroxylation sites is 1. The number of hydrogen-bond donors (Lipinski definition) is 1. The summed E-state index contributed by atoms with van der Waals surface area (Å²) in [5.41, 5.74) is 5.82. The molecule has 1 fully saturated rings. The van der Waals surface area contributed by atoms with Gasteiger partial charge in [-0.15, -0.1) is 0 Å². The van der Waals surface area contributed by atoms with Crippen LogP contribution in [0.3, 0.4) is 0 Å². The molecule has 5 rings (SSSR count). The van der Waals surface area contributed by atoms with Gasteiger partial charge in [-0.05, 0) is 60.6 Å². The van der Waals surface area contributed by atoms with Crippen LogP contribution in [0, 0.1) is 6.92 Å². The van der Waals surface area contributed by atoms with Crippen molar-refractivity contribution in [3.63, 3.8) is 0 Å². The molecule has 5 heteroatoms. The molecule has 4 aromatic rings. The molecule has 2 aromatic carbocycles. The van der Waals surface area contributed by atoms with Crippen LogP contribution in [0.15, 0.2) is 97.3 Å². The van der Waals surface area contributed by atoms with Crippen LogP contribution in [0.5, 0.6) is 0 Å². The second-order valence-electron chi connectivity index (χ2n) is 7.83. The van der Waals surface area contributed by atoms with Gasteiger partial charge in [0.1, 0.15) is 0 Å². The molecule has 0 amide bonds. The highest BCUT2D eigenvalue weighted by atomic mass is 32.1. The van der Waals surface area contributed by atoms with E-state index in [2.05, 4.69) is 99.6 Å². The molecule has 2 aromatic heterocycles. The normalized spacial score (nSPS) is 18.2. The topological polar surface area (TPSA) is 33.1 Å². The highest BCUT2D eigenvalue weighted by Gasteiger charge is 2.41. The fraction of sp³-hybridized carbons (Fsp3) is 0.154. The zero-order valence-electron chi connectivity index (χ0n) is 17.3. The summed E-state index contributed by atoms with van der Waals surface area (Å²) in [5, 5.41) is 4.31. The number of rotatable bonds is 5. The number of nitrogens with one attached hydrogen (secondary N) is 1. The molecular formula is C26H24N4S. The van der Waals surface area contributed by atoms with Crippen molar-refractivity contribution in [1.29, 1.82) is 0 Å². The molecule has 0 aliphatic carbocycles. The first kappa shape index (κ1) is 19.5. The summed E-state index contributed by atoms with van der Waals surface area (Å²) >= 11 is 5.83. The zero-order chi connectivity index (χ0) is 21.2. The lowest BCUT2D eigenvalue weighted by Crippen LogP contribution is -2.30. The first-order valence-corrected chi connectivity index (χ1v) is 10.9. The summed E-state index contributed by atoms with van der Waals surface area (Å²) in [6, 6.07) is 29.3. The Balaban J connectivity index is 1.62. The van der Waals surface area contributed by atoms with E-state index in [0.717, 1.165) is 17.4 Å². The number of benzene rings is 2. The molecule has 0 radical (unpaired) electrons. The number of aromatic nitrogens is 2. The average molecular weight is 425 g/mol. The zero-order valence-corrected chi connectivity index (χ0v) is 18.2. The van der Waals surface area contributed by atoms with Crippen molar-refractivity contribution in [2.75, 3.05) is 0 Å². The molecule has 31 heavy (non-hydrogen) atoms. The van der Waals surface area contributed by atoms with Crippen molar-refractivity contribution in [1.82, 2.24) is 19.8 Å². The van der Waals surface area contributed by atoms with E-state index in [1.807, 2.05) is 24.4 Å². The molecule has 1 saturated heterocycles. The van der Waals surface area contributed by atoms with Crippen LogP contribution < -0.4 is 5.32 Å². The average Bonchev–Trinajstić information content (AvgIpc) is 3.40. The highest BCUT2D eigenvalue weighted by molar-refractivity contribution is 7.80. The first-order chi connectivity index (χ1) is 15.2. The van der Waals surface area contributed by atoms with E-state index < -0.39 is 0 Å². The third kappa shape index (κ3) is 3.73. The number of thiocarbonyl (C=S) groups is 1. The summed E-state index contributed by atoms with van der Waals surface area (Å²) in [6.07, 6.45) is 3.98. The van der Waals surface area contributed by atoms with Crippen LogP contribution in [0.4, 0.5) is 0 Å². The van der Waals surface area contributed by atoms with Gasteiger partial charge in [0.05, 0.1) is 17.8 Å². The Hall–Kier alpha value is -3.44. The van der Waals surface area contributed by atoms with Crippen molar-refractivity contribution >= 4 is 17.3 Å². The third-order valence-corrected chi connectivity index (χ3v) is 6.20. The van der Waals surface area contributed by atoms with E-state index in [4.69, 9.17) is 12.2 Å². The Bertz CT molecular complexity index is 1190. The fourth-order valence-corrected chi connectivity index (χ4v) is 4.67. The Morgan fingerprint density at radius 3 is 2.45 bits per heavy atom. The summed E-state index contributed by atoms with van der Waals surface area (Å²) in [4.78, 5) is 6.94. The lowest BCUT2D eigenvalue weighted by molar-refractivity contribution is 0.302. The third-order valence-electron chi connectivity index (χ3n) is 5.85. The second kappa shape index (κ2) is 8.36. The molecule has 2 unspecified atom stereocenters. The molecule has 3 heterocycles. The molecule has 0 saturated carbocycles. The molecule has 1 aliphatic rings. The summed E-state index contributed by atoms with van der Waals surface area (Å²) in [7, 11) is 0. The molecule has 4 nitrogen and oxygen atoms in total. The second-order valence-corrected chi connectivity index (χ2v) is 8.22. The minimum Gasteiger partial charge on any atom is -0.352 e. The monoisotopic (exact) mass is 424 g/mol. The maximum Gasteiger partial charge on any atom is 0.170 e. The largest absolute Gasteiger partial charge is 0.352 e. The number of nitrogens with zero attached hydrogens (tertiary/aromatic N) is 3. The van der Waals surface area contributed by atoms with Gasteiger partial charge < -0.3 is 14.8 Å². The van der Waals surface area contributed by atoms with Crippen molar-refractivity contribution in [3.8, 4) is 5.69 Å². The van der Waals surface area contributed by atoms with E-state index in [0.29, 0.717) is 0 Å². The highest BCUT2D eigenvalue weighted by Crippen LogP contribution is 2.40. The fourth-order valence-electron chi connectivity index (χ4n) is 4.37. The predicted octanol–water partition coefficient (Wildman–Crippen LogP) is 5.35. The van der Waals surface area contributed by atoms with Crippen LogP contribution in [-0.4, -0.2) is 19.6 Å². The molecular weight excluding hydrogens is 400 g/mol. The standard InChI is InChI=1S/C26H24N4S/c1-19-10-5-6-14-22(19)29-17-9-15-23(29)25-24(21-13-7-8-16-27-21)28-26(31)30(25)18-20-11-3-2-4-12-20/h2-17,24-25H,18H2,1H3,(H,28,31). The molecule has 0 spiro atoms. The Morgan fingerprint density at radius 2 is 1.68 bits per heavy atom. The van der Waals surface area contributed by atoms with Gasteiger partial charge in [0, 0.05) is 30.3 Å². The van der Waals surface area contributed by atoms with Gasteiger partial charge in [-0.2, -0.15) is 0 Å². The smallest absolute Gasteiger partial charge is 0.170 e. The van der Waals surface area contributed by atoms with Gasteiger partial charge in [0.25, 0.3) is 0 Å². The van der Waals surface area contributed by atoms with E-state index in [9.17, 15) is 0 Å². The Kier molecular flexibility index (Phi) is 5.26. The van der Waals surface area contributed by atoms with E-state index >= 15 is 0 Å². The van der Waals surface area contributed by atoms with Gasteiger partial charge in [0.15, 0.2) is 5.11 Å². The molecule has 2 atom stereocenters. The van der Waals surface area contributed by atoms with Crippen molar-refractivity contribution < 1.29 is 0 Å². The quantitative estimate of drug-likeness (QED) is 0.438. The minimum atomic E-state index is -0.0323. The van der Waals surface area contributed by atoms with Crippen molar-refractivity contribution in [2.45, 2.75) is 25.6 Å². The van der Waals surface area contributed by atoms with E-state index in [1.54, 1.807) is 0 Å². The van der Waals surface area contributed by atoms with Crippen molar-refractivity contribution in [2.24, 2.45) is 0 Å². The molecule has 0 bridgehead atoms.